The van der Waals surface area contributed by atoms with Crippen molar-refractivity contribution in [1.82, 2.24) is 19.2 Å². The normalized spacial score (nSPS) is 11.9. The highest BCUT2D eigenvalue weighted by Gasteiger charge is 2.27. The van der Waals surface area contributed by atoms with Gasteiger partial charge in [0.05, 0.1) is 11.6 Å². The van der Waals surface area contributed by atoms with Gasteiger partial charge < -0.3 is 5.11 Å². The van der Waals surface area contributed by atoms with Crippen LogP contribution in [0.25, 0.3) is 5.65 Å². The fourth-order valence-electron chi connectivity index (χ4n) is 1.52. The summed E-state index contributed by atoms with van der Waals surface area (Å²) in [6.45, 7) is 3.51. The molecule has 0 aliphatic rings. The van der Waals surface area contributed by atoms with E-state index in [0.717, 1.165) is 0 Å². The Kier molecular flexibility index (Phi) is 2.90. The molecule has 0 aliphatic carbocycles. The Hall–Kier alpha value is -2.18. The van der Waals surface area contributed by atoms with Crippen LogP contribution in [0.5, 0.6) is 0 Å². The molecule has 0 bridgehead atoms. The molecule has 2 rings (SSSR count). The minimum atomic E-state index is -0.888. The maximum Gasteiger partial charge on any atom is 0.350 e. The van der Waals surface area contributed by atoms with Gasteiger partial charge in [-0.2, -0.15) is 0 Å². The number of aromatic nitrogens is 4. The first-order valence-corrected chi connectivity index (χ1v) is 5.54. The van der Waals surface area contributed by atoms with Crippen molar-refractivity contribution in [3.8, 4) is 0 Å². The number of carbonyl (C=O) groups is 1. The topological polar surface area (TPSA) is 89.5 Å². The lowest BCUT2D eigenvalue weighted by molar-refractivity contribution is -0.147. The van der Waals surface area contributed by atoms with Crippen molar-refractivity contribution in [2.24, 2.45) is 5.41 Å². The first-order chi connectivity index (χ1) is 8.42. The van der Waals surface area contributed by atoms with E-state index in [4.69, 9.17) is 5.11 Å². The monoisotopic (exact) mass is 250 g/mol. The van der Waals surface area contributed by atoms with Crippen LogP contribution in [0.1, 0.15) is 20.3 Å². The second kappa shape index (κ2) is 4.25. The van der Waals surface area contributed by atoms with E-state index >= 15 is 0 Å². The summed E-state index contributed by atoms with van der Waals surface area (Å²) in [4.78, 5) is 26.8. The molecule has 0 unspecified atom stereocenters. The third-order valence-corrected chi connectivity index (χ3v) is 2.92. The molecule has 1 N–H and O–H groups in total. The third kappa shape index (κ3) is 2.11. The fraction of sp³-hybridized carbons (Fsp3) is 0.455. The smallest absolute Gasteiger partial charge is 0.350 e. The molecule has 0 radical (unpaired) electrons. The molecule has 2 heterocycles. The van der Waals surface area contributed by atoms with Crippen LogP contribution in [0.15, 0.2) is 23.4 Å². The Morgan fingerprint density at radius 2 is 2.22 bits per heavy atom. The number of carboxylic acid groups (broad SMARTS) is 1. The zero-order chi connectivity index (χ0) is 13.3. The molecule has 0 saturated heterocycles. The van der Waals surface area contributed by atoms with Gasteiger partial charge in [0.25, 0.3) is 0 Å². The number of carboxylic acids is 1. The fourth-order valence-corrected chi connectivity index (χ4v) is 1.52. The quantitative estimate of drug-likeness (QED) is 0.847. The molecule has 7 heteroatoms. The molecular weight excluding hydrogens is 236 g/mol. The number of nitrogens with zero attached hydrogens (tertiary/aromatic N) is 4. The Bertz CT molecular complexity index is 641. The van der Waals surface area contributed by atoms with E-state index in [1.165, 1.54) is 27.7 Å². The molecule has 2 aromatic heterocycles. The van der Waals surface area contributed by atoms with Gasteiger partial charge in [0.2, 0.25) is 0 Å². The van der Waals surface area contributed by atoms with Crippen LogP contribution in [0.2, 0.25) is 0 Å². The lowest BCUT2D eigenvalue weighted by atomic mass is 9.90. The molecule has 0 aromatic carbocycles. The summed E-state index contributed by atoms with van der Waals surface area (Å²) in [6, 6.07) is 0. The van der Waals surface area contributed by atoms with E-state index in [-0.39, 0.29) is 12.2 Å². The lowest BCUT2D eigenvalue weighted by Gasteiger charge is -2.17. The van der Waals surface area contributed by atoms with E-state index in [9.17, 15) is 9.59 Å². The van der Waals surface area contributed by atoms with Crippen LogP contribution < -0.4 is 5.69 Å². The van der Waals surface area contributed by atoms with Crippen LogP contribution in [-0.4, -0.2) is 30.2 Å². The largest absolute Gasteiger partial charge is 0.481 e. The average Bonchev–Trinajstić information content (AvgIpc) is 2.64. The van der Waals surface area contributed by atoms with Gasteiger partial charge in [0.1, 0.15) is 0 Å². The predicted octanol–water partition coefficient (Wildman–Crippen LogP) is 0.392. The van der Waals surface area contributed by atoms with Crippen molar-refractivity contribution in [2.75, 3.05) is 0 Å². The van der Waals surface area contributed by atoms with E-state index in [1.54, 1.807) is 13.8 Å². The maximum absolute atomic E-state index is 11.9. The minimum absolute atomic E-state index is 0.264. The van der Waals surface area contributed by atoms with E-state index in [2.05, 4.69) is 10.1 Å². The first kappa shape index (κ1) is 12.3. The zero-order valence-corrected chi connectivity index (χ0v) is 10.2. The average molecular weight is 250 g/mol. The van der Waals surface area contributed by atoms with Gasteiger partial charge in [-0.1, -0.05) is 0 Å². The highest BCUT2D eigenvalue weighted by molar-refractivity contribution is 5.73. The van der Waals surface area contributed by atoms with Crippen molar-refractivity contribution in [2.45, 2.75) is 26.8 Å². The number of aliphatic carboxylic acids is 1. The summed E-state index contributed by atoms with van der Waals surface area (Å²) in [6.07, 6.45) is 4.85. The van der Waals surface area contributed by atoms with Gasteiger partial charge in [-0.05, 0) is 20.3 Å². The molecule has 0 aliphatic heterocycles. The lowest BCUT2D eigenvalue weighted by Crippen LogP contribution is -2.28. The van der Waals surface area contributed by atoms with E-state index in [0.29, 0.717) is 12.1 Å². The Balaban J connectivity index is 2.26. The van der Waals surface area contributed by atoms with Crippen molar-refractivity contribution in [1.29, 1.82) is 0 Å². The standard InChI is InChI=1S/C11H14N4O3/c1-11(2,9(16)17)3-5-15-10(18)14-6-4-12-7-8(14)13-15/h4,6-7H,3,5H2,1-2H3,(H,16,17). The molecule has 18 heavy (non-hydrogen) atoms. The molecular formula is C11H14N4O3. The van der Waals surface area contributed by atoms with Crippen molar-refractivity contribution in [3.63, 3.8) is 0 Å². The van der Waals surface area contributed by atoms with Crippen LogP contribution in [0, 0.1) is 5.41 Å². The predicted molar refractivity (Wildman–Crippen MR) is 63.3 cm³/mol. The third-order valence-electron chi connectivity index (χ3n) is 2.92. The van der Waals surface area contributed by atoms with Gasteiger partial charge in [-0.25, -0.2) is 13.9 Å². The van der Waals surface area contributed by atoms with Gasteiger partial charge in [0, 0.05) is 18.9 Å². The molecule has 2 aromatic rings. The second-order valence-electron chi connectivity index (χ2n) is 4.75. The summed E-state index contributed by atoms with van der Waals surface area (Å²) in [5.74, 6) is -0.888. The Morgan fingerprint density at radius 3 is 2.83 bits per heavy atom. The van der Waals surface area contributed by atoms with Crippen molar-refractivity contribution in [3.05, 3.63) is 29.1 Å². The Morgan fingerprint density at radius 1 is 1.50 bits per heavy atom. The molecule has 0 amide bonds. The SMILES string of the molecule is CC(C)(CCn1nc2cnccn2c1=O)C(=O)O. The van der Waals surface area contributed by atoms with Crippen LogP contribution in [-0.2, 0) is 11.3 Å². The van der Waals surface area contributed by atoms with Crippen molar-refractivity contribution >= 4 is 11.6 Å². The molecule has 0 atom stereocenters. The van der Waals surface area contributed by atoms with Crippen LogP contribution in [0.3, 0.4) is 0 Å². The van der Waals surface area contributed by atoms with E-state index in [1.807, 2.05) is 0 Å². The van der Waals surface area contributed by atoms with Gasteiger partial charge in [-0.3, -0.25) is 9.78 Å². The van der Waals surface area contributed by atoms with Gasteiger partial charge >= 0.3 is 11.7 Å². The Labute approximate surface area is 103 Å². The number of aryl methyl sites for hydroxylation is 1. The molecule has 96 valence electrons. The van der Waals surface area contributed by atoms with Crippen LogP contribution in [0.4, 0.5) is 0 Å². The summed E-state index contributed by atoms with van der Waals surface area (Å²) in [7, 11) is 0. The number of hydrogen-bond acceptors (Lipinski definition) is 4. The summed E-state index contributed by atoms with van der Waals surface area (Å²) in [5.41, 5.74) is -0.711. The van der Waals surface area contributed by atoms with E-state index < -0.39 is 11.4 Å². The summed E-state index contributed by atoms with van der Waals surface area (Å²) >= 11 is 0. The molecule has 0 fully saturated rings. The van der Waals surface area contributed by atoms with Gasteiger partial charge in [0.15, 0.2) is 5.65 Å². The molecule has 0 saturated carbocycles. The maximum atomic E-state index is 11.9. The molecule has 0 spiro atoms. The van der Waals surface area contributed by atoms with Crippen molar-refractivity contribution < 1.29 is 9.90 Å². The molecule has 7 nitrogen and oxygen atoms in total. The highest BCUT2D eigenvalue weighted by atomic mass is 16.4. The minimum Gasteiger partial charge on any atom is -0.481 e. The number of rotatable bonds is 4. The summed E-state index contributed by atoms with van der Waals surface area (Å²) < 4.78 is 2.64. The second-order valence-corrected chi connectivity index (χ2v) is 4.75. The van der Waals surface area contributed by atoms with Crippen LogP contribution >= 0.6 is 0 Å². The zero-order valence-electron chi connectivity index (χ0n) is 10.2. The summed E-state index contributed by atoms with van der Waals surface area (Å²) in [5, 5.41) is 13.1. The highest BCUT2D eigenvalue weighted by Crippen LogP contribution is 2.20. The number of hydrogen-bond donors (Lipinski definition) is 1. The number of fused-ring (bicyclic) bond motifs is 1. The van der Waals surface area contributed by atoms with Gasteiger partial charge in [-0.15, -0.1) is 5.10 Å². The first-order valence-electron chi connectivity index (χ1n) is 5.54.